The number of nitrogens with zero attached hydrogens (tertiary/aromatic N) is 3. The molecule has 2 atom stereocenters. The minimum atomic E-state index is -1.21. The second-order valence-corrected chi connectivity index (χ2v) is 6.84. The second-order valence-electron chi connectivity index (χ2n) is 6.84. The fourth-order valence-electron chi connectivity index (χ4n) is 3.43. The first-order valence-electron chi connectivity index (χ1n) is 9.16. The number of aliphatic hydroxyl groups is 2. The van der Waals surface area contributed by atoms with Crippen LogP contribution >= 0.6 is 0 Å². The van der Waals surface area contributed by atoms with Crippen molar-refractivity contribution < 1.29 is 28.9 Å². The maximum absolute atomic E-state index is 14.7. The van der Waals surface area contributed by atoms with Crippen molar-refractivity contribution in [2.75, 3.05) is 55.7 Å². The maximum atomic E-state index is 14.7. The first-order chi connectivity index (χ1) is 13.4. The van der Waals surface area contributed by atoms with E-state index >= 15 is 0 Å². The van der Waals surface area contributed by atoms with E-state index in [0.717, 1.165) is 0 Å². The molecule has 3 N–H and O–H groups in total. The van der Waals surface area contributed by atoms with E-state index in [9.17, 15) is 19.1 Å². The van der Waals surface area contributed by atoms with E-state index in [-0.39, 0.29) is 18.4 Å². The zero-order valence-corrected chi connectivity index (χ0v) is 15.7. The smallest absolute Gasteiger partial charge is 0.248 e. The van der Waals surface area contributed by atoms with Crippen LogP contribution in [0.2, 0.25) is 0 Å². The van der Waals surface area contributed by atoms with Gasteiger partial charge in [-0.2, -0.15) is 0 Å². The van der Waals surface area contributed by atoms with Crippen molar-refractivity contribution in [2.45, 2.75) is 19.4 Å². The Morgan fingerprint density at radius 1 is 1.29 bits per heavy atom. The molecule has 0 aliphatic carbocycles. The van der Waals surface area contributed by atoms with E-state index in [0.29, 0.717) is 44.1 Å². The Bertz CT molecular complexity index is 726. The molecular formula is C18H25FN4O5. The third kappa shape index (κ3) is 4.51. The van der Waals surface area contributed by atoms with Crippen LogP contribution in [0.4, 0.5) is 15.8 Å². The van der Waals surface area contributed by atoms with Crippen molar-refractivity contribution in [3.05, 3.63) is 24.0 Å². The molecule has 3 rings (SSSR count). The topological polar surface area (TPSA) is 106 Å². The molecular weight excluding hydrogens is 371 g/mol. The highest BCUT2D eigenvalue weighted by Gasteiger charge is 2.32. The predicted octanol–water partition coefficient (Wildman–Crippen LogP) is -0.916. The molecule has 10 heteroatoms. The lowest BCUT2D eigenvalue weighted by molar-refractivity contribution is -0.134. The number of hydrogen-bond acceptors (Lipinski definition) is 7. The largest absolute Gasteiger partial charge is 0.387 e. The Morgan fingerprint density at radius 3 is 2.61 bits per heavy atom. The van der Waals surface area contributed by atoms with Gasteiger partial charge in [0.2, 0.25) is 18.2 Å². The summed E-state index contributed by atoms with van der Waals surface area (Å²) in [5.41, 5.74) is 0.900. The van der Waals surface area contributed by atoms with Crippen LogP contribution in [-0.4, -0.2) is 85.3 Å². The normalized spacial score (nSPS) is 22.5. The van der Waals surface area contributed by atoms with Gasteiger partial charge in [-0.3, -0.25) is 9.59 Å². The fourth-order valence-corrected chi connectivity index (χ4v) is 3.43. The van der Waals surface area contributed by atoms with Crippen molar-refractivity contribution in [2.24, 2.45) is 0 Å². The first-order valence-corrected chi connectivity index (χ1v) is 9.16. The molecule has 0 spiro atoms. The Balaban J connectivity index is 1.63. The van der Waals surface area contributed by atoms with Gasteiger partial charge in [-0.1, -0.05) is 0 Å². The van der Waals surface area contributed by atoms with Gasteiger partial charge < -0.3 is 35.0 Å². The molecule has 2 aliphatic heterocycles. The van der Waals surface area contributed by atoms with Gasteiger partial charge in [-0.25, -0.2) is 4.39 Å². The van der Waals surface area contributed by atoms with Crippen LogP contribution in [0.25, 0.3) is 0 Å². The van der Waals surface area contributed by atoms with E-state index in [1.807, 2.05) is 4.90 Å². The zero-order valence-electron chi connectivity index (χ0n) is 15.7. The van der Waals surface area contributed by atoms with Crippen LogP contribution in [0.1, 0.15) is 6.92 Å². The maximum Gasteiger partial charge on any atom is 0.248 e. The minimum Gasteiger partial charge on any atom is -0.387 e. The first kappa shape index (κ1) is 20.3. The number of halogens is 1. The molecule has 154 valence electrons. The van der Waals surface area contributed by atoms with Crippen LogP contribution in [0, 0.1) is 5.82 Å². The average molecular weight is 396 g/mol. The van der Waals surface area contributed by atoms with E-state index in [1.165, 1.54) is 17.9 Å². The van der Waals surface area contributed by atoms with Crippen molar-refractivity contribution in [3.63, 3.8) is 0 Å². The molecule has 2 aliphatic rings. The molecule has 2 heterocycles. The number of benzene rings is 1. The summed E-state index contributed by atoms with van der Waals surface area (Å²) in [6.45, 7) is 3.24. The highest BCUT2D eigenvalue weighted by atomic mass is 19.1. The summed E-state index contributed by atoms with van der Waals surface area (Å²) in [5.74, 6) is -0.947. The number of anilines is 2. The van der Waals surface area contributed by atoms with Crippen LogP contribution < -0.4 is 15.1 Å². The number of carbonyl (C=O) groups is 2. The van der Waals surface area contributed by atoms with Gasteiger partial charge >= 0.3 is 0 Å². The lowest BCUT2D eigenvalue weighted by Crippen LogP contribution is -2.49. The van der Waals surface area contributed by atoms with Crippen molar-refractivity contribution in [1.82, 2.24) is 10.2 Å². The summed E-state index contributed by atoms with van der Waals surface area (Å²) in [4.78, 5) is 27.5. The van der Waals surface area contributed by atoms with Gasteiger partial charge in [-0.05, 0) is 18.2 Å². The third-order valence-corrected chi connectivity index (χ3v) is 4.93. The third-order valence-electron chi connectivity index (χ3n) is 4.93. The van der Waals surface area contributed by atoms with Gasteiger partial charge in [-0.15, -0.1) is 0 Å². The molecule has 0 saturated carbocycles. The fraction of sp³-hybridized carbons (Fsp3) is 0.556. The lowest BCUT2D eigenvalue weighted by atomic mass is 10.2. The Kier molecular flexibility index (Phi) is 6.32. The second kappa shape index (κ2) is 8.72. The van der Waals surface area contributed by atoms with Crippen LogP contribution in [0.15, 0.2) is 18.2 Å². The van der Waals surface area contributed by atoms with Gasteiger partial charge in [0.05, 0.1) is 18.3 Å². The van der Waals surface area contributed by atoms with Gasteiger partial charge in [0.25, 0.3) is 0 Å². The Labute approximate surface area is 162 Å². The minimum absolute atomic E-state index is 0.187. The van der Waals surface area contributed by atoms with E-state index in [4.69, 9.17) is 9.84 Å². The van der Waals surface area contributed by atoms with E-state index in [2.05, 4.69) is 5.32 Å². The van der Waals surface area contributed by atoms with Crippen molar-refractivity contribution in [1.29, 1.82) is 0 Å². The number of carbonyl (C=O) groups excluding carboxylic acids is 2. The molecule has 2 saturated heterocycles. The van der Waals surface area contributed by atoms with Gasteiger partial charge in [0, 0.05) is 45.3 Å². The van der Waals surface area contributed by atoms with Crippen LogP contribution in [-0.2, 0) is 14.3 Å². The number of aliphatic hydroxyl groups excluding tert-OH is 2. The average Bonchev–Trinajstić information content (AvgIpc) is 3.06. The molecule has 0 radical (unpaired) electrons. The highest BCUT2D eigenvalue weighted by molar-refractivity contribution is 5.77. The standard InChI is InChI=1S/C18H25FN4O5/c1-12(25)20-9-14-10-23(18(27)28-14)13-2-3-16(15(19)8-13)21-4-6-22(7-5-21)17(26)11-24/h2-3,8,14,18,24,27H,4-7,9-11H2,1H3,(H,20,25)/t14-,18?/m0/s1. The number of amides is 2. The summed E-state index contributed by atoms with van der Waals surface area (Å²) in [6.07, 6.45) is -1.60. The molecule has 2 amide bonds. The molecule has 0 bridgehead atoms. The highest BCUT2D eigenvalue weighted by Crippen LogP contribution is 2.29. The quantitative estimate of drug-likeness (QED) is 0.591. The number of hydrogen-bond donors (Lipinski definition) is 3. The molecule has 1 aromatic carbocycles. The molecule has 0 aromatic heterocycles. The molecule has 1 unspecified atom stereocenters. The summed E-state index contributed by atoms with van der Waals surface area (Å²) < 4.78 is 20.1. The van der Waals surface area contributed by atoms with Gasteiger partial charge in [0.15, 0.2) is 0 Å². The molecule has 9 nitrogen and oxygen atoms in total. The van der Waals surface area contributed by atoms with E-state index in [1.54, 1.807) is 17.0 Å². The van der Waals surface area contributed by atoms with Gasteiger partial charge in [0.1, 0.15) is 12.4 Å². The monoisotopic (exact) mass is 396 g/mol. The number of rotatable bonds is 5. The molecule has 1 aromatic rings. The summed E-state index contributed by atoms with van der Waals surface area (Å²) in [6, 6.07) is 4.69. The summed E-state index contributed by atoms with van der Waals surface area (Å²) in [5, 5.41) is 21.7. The molecule has 2 fully saturated rings. The summed E-state index contributed by atoms with van der Waals surface area (Å²) >= 11 is 0. The van der Waals surface area contributed by atoms with Crippen molar-refractivity contribution >= 4 is 23.2 Å². The van der Waals surface area contributed by atoms with Crippen LogP contribution in [0.3, 0.4) is 0 Å². The van der Waals surface area contributed by atoms with Crippen molar-refractivity contribution in [3.8, 4) is 0 Å². The molecule has 28 heavy (non-hydrogen) atoms. The van der Waals surface area contributed by atoms with Crippen LogP contribution in [0.5, 0.6) is 0 Å². The Morgan fingerprint density at radius 2 is 2.00 bits per heavy atom. The zero-order chi connectivity index (χ0) is 20.3. The predicted molar refractivity (Wildman–Crippen MR) is 99.2 cm³/mol. The number of nitrogens with one attached hydrogen (secondary N) is 1. The number of piperazine rings is 1. The SMILES string of the molecule is CC(=O)NC[C@H]1CN(c2ccc(N3CCN(C(=O)CO)CC3)c(F)c2)C(O)O1. The Hall–Kier alpha value is -2.43. The summed E-state index contributed by atoms with van der Waals surface area (Å²) in [7, 11) is 0. The number of ether oxygens (including phenoxy) is 1. The van der Waals surface area contributed by atoms with E-state index < -0.39 is 24.9 Å². The lowest BCUT2D eigenvalue weighted by Gasteiger charge is -2.36.